The van der Waals surface area contributed by atoms with Crippen LogP contribution in [-0.4, -0.2) is 35.0 Å². The van der Waals surface area contributed by atoms with Crippen LogP contribution < -0.4 is 10.2 Å². The molecule has 2 aliphatic heterocycles. The minimum Gasteiger partial charge on any atom is -0.319 e. The number of anilines is 1. The van der Waals surface area contributed by atoms with Gasteiger partial charge in [-0.15, -0.1) is 11.8 Å². The number of carbonyl (C=O) groups is 3. The van der Waals surface area contributed by atoms with Gasteiger partial charge < -0.3 is 10.2 Å². The highest BCUT2D eigenvalue weighted by molar-refractivity contribution is 7.99. The standard InChI is InChI=1S/C26H22ClN3O3S/c1-26(18-11-5-6-12-19(18)27)24(32)29(25(33)28-26)15-23(31)30-20-13-7-8-14-22(20)34-16-21(30)17-9-3-2-4-10-17/h2-14,21H,15-16H2,1H3,(H,28,33). The number of nitrogens with one attached hydrogen (secondary N) is 1. The van der Waals surface area contributed by atoms with Gasteiger partial charge in [0, 0.05) is 21.2 Å². The predicted molar refractivity (Wildman–Crippen MR) is 133 cm³/mol. The molecule has 34 heavy (non-hydrogen) atoms. The molecule has 2 unspecified atom stereocenters. The van der Waals surface area contributed by atoms with Gasteiger partial charge in [0.2, 0.25) is 5.91 Å². The summed E-state index contributed by atoms with van der Waals surface area (Å²) in [4.78, 5) is 43.7. The van der Waals surface area contributed by atoms with E-state index in [1.165, 1.54) is 0 Å². The van der Waals surface area contributed by atoms with Crippen LogP contribution in [0.15, 0.2) is 83.8 Å². The van der Waals surface area contributed by atoms with Crippen molar-refractivity contribution in [3.63, 3.8) is 0 Å². The Morgan fingerprint density at radius 3 is 2.47 bits per heavy atom. The van der Waals surface area contributed by atoms with Crippen molar-refractivity contribution >= 4 is 46.9 Å². The Kier molecular flexibility index (Phi) is 5.83. The van der Waals surface area contributed by atoms with Gasteiger partial charge in [-0.05, 0) is 30.7 Å². The first-order valence-electron chi connectivity index (χ1n) is 10.9. The lowest BCUT2D eigenvalue weighted by atomic mass is 9.92. The Hall–Kier alpha value is -3.29. The number of nitrogens with zero attached hydrogens (tertiary/aromatic N) is 2. The zero-order valence-corrected chi connectivity index (χ0v) is 20.0. The second kappa shape index (κ2) is 8.81. The highest BCUT2D eigenvalue weighted by Gasteiger charge is 2.51. The van der Waals surface area contributed by atoms with Crippen LogP contribution in [0.4, 0.5) is 10.5 Å². The summed E-state index contributed by atoms with van der Waals surface area (Å²) in [5.41, 5.74) is 0.922. The van der Waals surface area contributed by atoms with Gasteiger partial charge in [-0.2, -0.15) is 0 Å². The molecule has 3 aromatic carbocycles. The van der Waals surface area contributed by atoms with Crippen molar-refractivity contribution in [3.8, 4) is 0 Å². The Balaban J connectivity index is 1.47. The van der Waals surface area contributed by atoms with Crippen molar-refractivity contribution in [1.82, 2.24) is 10.2 Å². The molecule has 8 heteroatoms. The summed E-state index contributed by atoms with van der Waals surface area (Å²) in [6.07, 6.45) is 0. The average Bonchev–Trinajstić information content (AvgIpc) is 3.07. The van der Waals surface area contributed by atoms with E-state index in [1.54, 1.807) is 47.9 Å². The minimum absolute atomic E-state index is 0.218. The number of carbonyl (C=O) groups excluding carboxylic acids is 3. The third kappa shape index (κ3) is 3.75. The number of urea groups is 1. The molecule has 1 fully saturated rings. The Morgan fingerprint density at radius 2 is 1.71 bits per heavy atom. The van der Waals surface area contributed by atoms with Crippen LogP contribution in [0.25, 0.3) is 0 Å². The van der Waals surface area contributed by atoms with Crippen LogP contribution in [0, 0.1) is 0 Å². The fourth-order valence-corrected chi connectivity index (χ4v) is 6.01. The molecule has 2 atom stereocenters. The van der Waals surface area contributed by atoms with Crippen LogP contribution in [0.1, 0.15) is 24.1 Å². The molecule has 2 aliphatic rings. The first-order valence-corrected chi connectivity index (χ1v) is 12.2. The molecule has 0 bridgehead atoms. The van der Waals surface area contributed by atoms with E-state index in [4.69, 9.17) is 11.6 Å². The molecule has 0 aliphatic carbocycles. The van der Waals surface area contributed by atoms with Crippen LogP contribution in [0.3, 0.4) is 0 Å². The lowest BCUT2D eigenvalue weighted by Gasteiger charge is -2.37. The smallest absolute Gasteiger partial charge is 0.319 e. The Morgan fingerprint density at radius 1 is 1.03 bits per heavy atom. The van der Waals surface area contributed by atoms with E-state index in [9.17, 15) is 14.4 Å². The number of imide groups is 1. The van der Waals surface area contributed by atoms with Crippen molar-refractivity contribution in [2.24, 2.45) is 0 Å². The van der Waals surface area contributed by atoms with Gasteiger partial charge in [0.25, 0.3) is 5.91 Å². The van der Waals surface area contributed by atoms with E-state index in [1.807, 2.05) is 54.6 Å². The van der Waals surface area contributed by atoms with Gasteiger partial charge in [0.15, 0.2) is 0 Å². The van der Waals surface area contributed by atoms with Crippen LogP contribution in [0.5, 0.6) is 0 Å². The summed E-state index contributed by atoms with van der Waals surface area (Å²) in [5.74, 6) is -0.159. The van der Waals surface area contributed by atoms with Gasteiger partial charge in [0.1, 0.15) is 12.1 Å². The molecule has 6 nitrogen and oxygen atoms in total. The van der Waals surface area contributed by atoms with E-state index < -0.39 is 17.5 Å². The number of rotatable bonds is 4. The van der Waals surface area contributed by atoms with E-state index in [0.29, 0.717) is 16.3 Å². The fraction of sp³-hybridized carbons (Fsp3) is 0.192. The SMILES string of the molecule is CC1(c2ccccc2Cl)NC(=O)N(CC(=O)N2c3ccccc3SCC2c2ccccc2)C1=O. The average molecular weight is 492 g/mol. The molecule has 4 amide bonds. The first-order chi connectivity index (χ1) is 16.4. The van der Waals surface area contributed by atoms with Crippen molar-refractivity contribution in [3.05, 3.63) is 95.0 Å². The molecule has 5 rings (SSSR count). The third-order valence-corrected chi connectivity index (χ3v) is 7.74. The summed E-state index contributed by atoms with van der Waals surface area (Å²) in [6, 6.07) is 23.5. The second-order valence-corrected chi connectivity index (χ2v) is 9.86. The van der Waals surface area contributed by atoms with E-state index >= 15 is 0 Å². The van der Waals surface area contributed by atoms with Gasteiger partial charge in [-0.3, -0.25) is 14.5 Å². The molecule has 1 saturated heterocycles. The molecule has 172 valence electrons. The lowest BCUT2D eigenvalue weighted by molar-refractivity contribution is -0.134. The van der Waals surface area contributed by atoms with E-state index in [-0.39, 0.29) is 18.5 Å². The normalized spacial score (nSPS) is 21.9. The molecule has 2 heterocycles. The number of fused-ring (bicyclic) bond motifs is 1. The van der Waals surface area contributed by atoms with Crippen molar-refractivity contribution in [2.45, 2.75) is 23.4 Å². The van der Waals surface area contributed by atoms with E-state index in [0.717, 1.165) is 21.0 Å². The number of para-hydroxylation sites is 1. The number of hydrogen-bond acceptors (Lipinski definition) is 4. The molecule has 0 saturated carbocycles. The van der Waals surface area contributed by atoms with Gasteiger partial charge in [0.05, 0.1) is 11.7 Å². The second-order valence-electron chi connectivity index (χ2n) is 8.40. The zero-order valence-electron chi connectivity index (χ0n) is 18.4. The molecule has 0 spiro atoms. The Labute approximate surface area is 206 Å². The number of amides is 4. The van der Waals surface area contributed by atoms with Gasteiger partial charge >= 0.3 is 6.03 Å². The van der Waals surface area contributed by atoms with E-state index in [2.05, 4.69) is 5.32 Å². The van der Waals surface area contributed by atoms with Gasteiger partial charge in [-0.25, -0.2) is 4.79 Å². The highest BCUT2D eigenvalue weighted by Crippen LogP contribution is 2.43. The van der Waals surface area contributed by atoms with Crippen molar-refractivity contribution in [1.29, 1.82) is 0 Å². The van der Waals surface area contributed by atoms with Gasteiger partial charge in [-0.1, -0.05) is 72.3 Å². The maximum atomic E-state index is 13.7. The maximum absolute atomic E-state index is 13.7. The van der Waals surface area contributed by atoms with Crippen molar-refractivity contribution < 1.29 is 14.4 Å². The predicted octanol–water partition coefficient (Wildman–Crippen LogP) is 4.99. The summed E-state index contributed by atoms with van der Waals surface area (Å²) in [5, 5.41) is 3.11. The highest BCUT2D eigenvalue weighted by atomic mass is 35.5. The lowest BCUT2D eigenvalue weighted by Crippen LogP contribution is -2.47. The fourth-order valence-electron chi connectivity index (χ4n) is 4.52. The summed E-state index contributed by atoms with van der Waals surface area (Å²) >= 11 is 8.01. The monoisotopic (exact) mass is 491 g/mol. The summed E-state index contributed by atoms with van der Waals surface area (Å²) in [7, 11) is 0. The molecule has 3 aromatic rings. The number of benzene rings is 3. The largest absolute Gasteiger partial charge is 0.325 e. The molecule has 0 aromatic heterocycles. The van der Waals surface area contributed by atoms with Crippen LogP contribution >= 0.6 is 23.4 Å². The quantitative estimate of drug-likeness (QED) is 0.522. The number of hydrogen-bond donors (Lipinski definition) is 1. The van der Waals surface area contributed by atoms with Crippen molar-refractivity contribution in [2.75, 3.05) is 17.2 Å². The molecule has 0 radical (unpaired) electrons. The molecule has 1 N–H and O–H groups in total. The maximum Gasteiger partial charge on any atom is 0.325 e. The summed E-state index contributed by atoms with van der Waals surface area (Å²) in [6.45, 7) is 1.24. The first kappa shape index (κ1) is 22.5. The topological polar surface area (TPSA) is 69.7 Å². The minimum atomic E-state index is -1.34. The Bertz CT molecular complexity index is 1290. The third-order valence-electron chi connectivity index (χ3n) is 6.27. The van der Waals surface area contributed by atoms with Crippen LogP contribution in [-0.2, 0) is 15.1 Å². The zero-order chi connectivity index (χ0) is 23.9. The van der Waals surface area contributed by atoms with Crippen LogP contribution in [0.2, 0.25) is 5.02 Å². The molecular formula is C26H22ClN3O3S. The number of thioether (sulfide) groups is 1. The summed E-state index contributed by atoms with van der Waals surface area (Å²) < 4.78 is 0. The number of halogens is 1. The molecular weight excluding hydrogens is 470 g/mol.